The lowest BCUT2D eigenvalue weighted by Gasteiger charge is -2.20. The highest BCUT2D eigenvalue weighted by molar-refractivity contribution is 7.81. The summed E-state index contributed by atoms with van der Waals surface area (Å²) in [5, 5.41) is 6.77. The third kappa shape index (κ3) is 5.22. The molecule has 0 aliphatic heterocycles. The summed E-state index contributed by atoms with van der Waals surface area (Å²) in [7, 11) is -4.63. The Morgan fingerprint density at radius 2 is 2.10 bits per heavy atom. The zero-order chi connectivity index (χ0) is 8.41. The minimum absolute atomic E-state index is 0.0127. The zero-order valence-corrected chi connectivity index (χ0v) is 7.05. The molecule has 0 fully saturated rings. The molecule has 0 radical (unpaired) electrons. The summed E-state index contributed by atoms with van der Waals surface area (Å²) >= 11 is 3.42. The van der Waals surface area contributed by atoms with E-state index >= 15 is 0 Å². The lowest BCUT2D eigenvalue weighted by Crippen LogP contribution is -2.22. The molecule has 0 heterocycles. The highest BCUT2D eigenvalue weighted by Gasteiger charge is 2.30. The number of phosphoric acid groups is 1. The van der Waals surface area contributed by atoms with Crippen molar-refractivity contribution in [1.29, 1.82) is 0 Å². The average molecular weight is 188 g/mol. The van der Waals surface area contributed by atoms with E-state index in [4.69, 9.17) is 14.9 Å². The first-order valence-electron chi connectivity index (χ1n) is 2.48. The van der Waals surface area contributed by atoms with E-state index in [0.29, 0.717) is 0 Å². The number of aliphatic hydroxyl groups is 1. The van der Waals surface area contributed by atoms with Crippen LogP contribution in [0.2, 0.25) is 0 Å². The summed E-state index contributed by atoms with van der Waals surface area (Å²) in [5.74, 6) is 0. The Morgan fingerprint density at radius 1 is 1.70 bits per heavy atom. The molecule has 62 valence electrons. The highest BCUT2D eigenvalue weighted by atomic mass is 32.1. The van der Waals surface area contributed by atoms with Gasteiger partial charge >= 0.3 is 7.82 Å². The monoisotopic (exact) mass is 188 g/mol. The maximum atomic E-state index is 10.1. The Morgan fingerprint density at radius 3 is 2.20 bits per heavy atom. The van der Waals surface area contributed by atoms with Crippen molar-refractivity contribution in [3.8, 4) is 0 Å². The molecule has 0 bridgehead atoms. The Bertz CT molecular complexity index is 151. The van der Waals surface area contributed by atoms with Gasteiger partial charge in [-0.05, 0) is 0 Å². The van der Waals surface area contributed by atoms with Crippen LogP contribution in [0, 0.1) is 0 Å². The van der Waals surface area contributed by atoms with Gasteiger partial charge < -0.3 is 14.9 Å². The molecule has 0 rings (SSSR count). The van der Waals surface area contributed by atoms with E-state index in [1.54, 1.807) is 0 Å². The van der Waals surface area contributed by atoms with E-state index in [-0.39, 0.29) is 6.42 Å². The third-order valence-corrected chi connectivity index (χ3v) is 1.82. The van der Waals surface area contributed by atoms with Gasteiger partial charge in [-0.3, -0.25) is 0 Å². The van der Waals surface area contributed by atoms with Crippen LogP contribution in [0.4, 0.5) is 0 Å². The van der Waals surface area contributed by atoms with Gasteiger partial charge in [0.05, 0.1) is 0 Å². The summed E-state index contributed by atoms with van der Waals surface area (Å²) in [6.07, 6.45) is -0.0127. The van der Waals surface area contributed by atoms with E-state index in [1.165, 1.54) is 6.92 Å². The predicted molar refractivity (Wildman–Crippen MR) is 37.4 cm³/mol. The smallest absolute Gasteiger partial charge is 0.357 e. The molecule has 1 atom stereocenters. The molecule has 0 aromatic rings. The molecule has 0 amide bonds. The maximum Gasteiger partial charge on any atom is 0.472 e. The molecule has 5 nitrogen and oxygen atoms in total. The molecular weight excluding hydrogens is 179 g/mol. The minimum atomic E-state index is -4.63. The quantitative estimate of drug-likeness (QED) is 0.286. The molecule has 0 aliphatic carbocycles. The van der Waals surface area contributed by atoms with Gasteiger partial charge in [-0.25, -0.2) is 9.09 Å². The predicted octanol–water partition coefficient (Wildman–Crippen LogP) is 0.0816. The first-order chi connectivity index (χ1) is 4.27. The highest BCUT2D eigenvalue weighted by Crippen LogP contribution is 2.42. The van der Waals surface area contributed by atoms with Crippen LogP contribution in [0.25, 0.3) is 0 Å². The van der Waals surface area contributed by atoms with Crippen molar-refractivity contribution in [3.05, 3.63) is 0 Å². The standard InChI is InChI=1S/C3H9O5PS/c1-2-3(4,10)8-9(5,6)7/h4,10H,2H2,1H3,(H2,5,6,7). The van der Waals surface area contributed by atoms with Gasteiger partial charge in [-0.1, -0.05) is 6.92 Å². The number of rotatable bonds is 3. The number of hydrogen-bond acceptors (Lipinski definition) is 4. The summed E-state index contributed by atoms with van der Waals surface area (Å²) in [6.45, 7) is 1.47. The second-order valence-corrected chi connectivity index (χ2v) is 3.54. The second-order valence-electron chi connectivity index (χ2n) is 1.68. The van der Waals surface area contributed by atoms with Crippen LogP contribution in [0.3, 0.4) is 0 Å². The molecule has 0 aromatic carbocycles. The van der Waals surface area contributed by atoms with Gasteiger partial charge in [-0.15, -0.1) is 12.6 Å². The Balaban J connectivity index is 4.02. The van der Waals surface area contributed by atoms with Gasteiger partial charge in [0.15, 0.2) is 0 Å². The minimum Gasteiger partial charge on any atom is -0.357 e. The molecular formula is C3H9O5PS. The van der Waals surface area contributed by atoms with Crippen molar-refractivity contribution in [1.82, 2.24) is 0 Å². The van der Waals surface area contributed by atoms with Gasteiger partial charge in [0.25, 0.3) is 0 Å². The van der Waals surface area contributed by atoms with E-state index in [2.05, 4.69) is 17.2 Å². The van der Waals surface area contributed by atoms with E-state index in [9.17, 15) is 4.57 Å². The lowest BCUT2D eigenvalue weighted by atomic mass is 10.5. The van der Waals surface area contributed by atoms with Crippen LogP contribution in [-0.2, 0) is 9.09 Å². The van der Waals surface area contributed by atoms with Gasteiger partial charge in [-0.2, -0.15) is 0 Å². The molecule has 3 N–H and O–H groups in total. The Labute approximate surface area is 63.7 Å². The fraction of sp³-hybridized carbons (Fsp3) is 1.00. The third-order valence-electron chi connectivity index (χ3n) is 0.726. The van der Waals surface area contributed by atoms with Crippen LogP contribution < -0.4 is 0 Å². The summed E-state index contributed by atoms with van der Waals surface area (Å²) < 4.78 is 13.9. The van der Waals surface area contributed by atoms with E-state index in [0.717, 1.165) is 0 Å². The van der Waals surface area contributed by atoms with E-state index in [1.807, 2.05) is 0 Å². The first-order valence-corrected chi connectivity index (χ1v) is 4.45. The van der Waals surface area contributed by atoms with Crippen LogP contribution >= 0.6 is 20.5 Å². The summed E-state index contributed by atoms with van der Waals surface area (Å²) in [5.41, 5.74) is 0. The molecule has 0 spiro atoms. The molecule has 1 unspecified atom stereocenters. The average Bonchev–Trinajstić information content (AvgIpc) is 1.60. The van der Waals surface area contributed by atoms with Gasteiger partial charge in [0, 0.05) is 6.42 Å². The fourth-order valence-electron chi connectivity index (χ4n) is 0.255. The molecule has 0 aromatic heterocycles. The Kier molecular flexibility index (Phi) is 3.35. The van der Waals surface area contributed by atoms with Crippen molar-refractivity contribution in [2.75, 3.05) is 0 Å². The molecule has 0 saturated carbocycles. The van der Waals surface area contributed by atoms with Crippen molar-refractivity contribution in [2.24, 2.45) is 0 Å². The number of phosphoric ester groups is 1. The zero-order valence-electron chi connectivity index (χ0n) is 5.26. The van der Waals surface area contributed by atoms with Crippen LogP contribution in [0.5, 0.6) is 0 Å². The summed E-state index contributed by atoms with van der Waals surface area (Å²) in [6, 6.07) is 0. The lowest BCUT2D eigenvalue weighted by molar-refractivity contribution is -0.0692. The van der Waals surface area contributed by atoms with Crippen molar-refractivity contribution in [3.63, 3.8) is 0 Å². The largest absolute Gasteiger partial charge is 0.472 e. The fourth-order valence-corrected chi connectivity index (χ4v) is 1.08. The first kappa shape index (κ1) is 10.4. The van der Waals surface area contributed by atoms with Crippen LogP contribution in [0.1, 0.15) is 13.3 Å². The number of thiol groups is 1. The molecule has 10 heavy (non-hydrogen) atoms. The van der Waals surface area contributed by atoms with Gasteiger partial charge in [0.2, 0.25) is 5.12 Å². The summed E-state index contributed by atoms with van der Waals surface area (Å²) in [4.78, 5) is 16.3. The molecule has 0 saturated heterocycles. The normalized spacial score (nSPS) is 18.5. The maximum absolute atomic E-state index is 10.1. The van der Waals surface area contributed by atoms with Crippen LogP contribution in [-0.4, -0.2) is 20.0 Å². The SMILES string of the molecule is CCC(O)(S)OP(=O)(O)O. The topological polar surface area (TPSA) is 87.0 Å². The second kappa shape index (κ2) is 3.21. The molecule has 7 heteroatoms. The van der Waals surface area contributed by atoms with Gasteiger partial charge in [0.1, 0.15) is 0 Å². The van der Waals surface area contributed by atoms with Crippen molar-refractivity contribution in [2.45, 2.75) is 18.5 Å². The molecule has 0 aliphatic rings. The van der Waals surface area contributed by atoms with Crippen molar-refractivity contribution >= 4 is 20.5 Å². The number of hydrogen-bond donors (Lipinski definition) is 4. The van der Waals surface area contributed by atoms with Crippen molar-refractivity contribution < 1.29 is 24.0 Å². The Hall–Kier alpha value is 0.420. The van der Waals surface area contributed by atoms with E-state index < -0.39 is 12.9 Å². The van der Waals surface area contributed by atoms with Crippen LogP contribution in [0.15, 0.2) is 0 Å².